The van der Waals surface area contributed by atoms with Crippen LogP contribution in [-0.2, 0) is 14.3 Å². The van der Waals surface area contributed by atoms with Gasteiger partial charge in [0.1, 0.15) is 6.61 Å². The van der Waals surface area contributed by atoms with E-state index >= 15 is 0 Å². The maximum Gasteiger partial charge on any atom is 0.248 e. The van der Waals surface area contributed by atoms with Crippen molar-refractivity contribution in [2.24, 2.45) is 5.73 Å². The highest BCUT2D eigenvalue weighted by Crippen LogP contribution is 2.29. The number of likely N-dealkylation sites (tertiary alicyclic amines) is 1. The number of nitrogens with two attached hydrogens (primary N) is 1. The highest BCUT2D eigenvalue weighted by atomic mass is 16.5. The standard InChI is InChI=1S/C13H23N3O3/c1-19-9-11(17)16-7-3-10(4-8-16)15-12(18)13(14)5-2-6-13/h10H,2-9,14H2,1H3,(H,15,18). The fourth-order valence-corrected chi connectivity index (χ4v) is 2.60. The summed E-state index contributed by atoms with van der Waals surface area (Å²) >= 11 is 0. The lowest BCUT2D eigenvalue weighted by atomic mass is 9.77. The second-order valence-electron chi connectivity index (χ2n) is 5.57. The summed E-state index contributed by atoms with van der Waals surface area (Å²) in [5, 5.41) is 3.02. The number of carbonyl (C=O) groups is 2. The van der Waals surface area contributed by atoms with Gasteiger partial charge in [-0.2, -0.15) is 0 Å². The normalized spacial score (nSPS) is 22.7. The molecular formula is C13H23N3O3. The predicted molar refractivity (Wildman–Crippen MR) is 70.4 cm³/mol. The maximum absolute atomic E-state index is 12.0. The van der Waals surface area contributed by atoms with Crippen LogP contribution in [0.2, 0.25) is 0 Å². The van der Waals surface area contributed by atoms with E-state index in [2.05, 4.69) is 5.32 Å². The van der Waals surface area contributed by atoms with E-state index in [0.717, 1.165) is 32.1 Å². The van der Waals surface area contributed by atoms with Gasteiger partial charge in [-0.05, 0) is 32.1 Å². The number of hydrogen-bond donors (Lipinski definition) is 2. The SMILES string of the molecule is COCC(=O)N1CCC(NC(=O)C2(N)CCC2)CC1. The van der Waals surface area contributed by atoms with Crippen LogP contribution in [0.5, 0.6) is 0 Å². The van der Waals surface area contributed by atoms with Crippen molar-refractivity contribution in [2.75, 3.05) is 26.8 Å². The number of methoxy groups -OCH3 is 1. The van der Waals surface area contributed by atoms with Crippen molar-refractivity contribution >= 4 is 11.8 Å². The van der Waals surface area contributed by atoms with E-state index in [1.54, 1.807) is 4.90 Å². The Balaban J connectivity index is 1.74. The molecule has 19 heavy (non-hydrogen) atoms. The molecule has 2 amide bonds. The predicted octanol–water partition coefficient (Wildman–Crippen LogP) is -0.379. The van der Waals surface area contributed by atoms with E-state index < -0.39 is 5.54 Å². The van der Waals surface area contributed by atoms with Gasteiger partial charge in [-0.25, -0.2) is 0 Å². The van der Waals surface area contributed by atoms with E-state index in [4.69, 9.17) is 10.5 Å². The molecule has 0 bridgehead atoms. The smallest absolute Gasteiger partial charge is 0.248 e. The fourth-order valence-electron chi connectivity index (χ4n) is 2.60. The summed E-state index contributed by atoms with van der Waals surface area (Å²) in [6.45, 7) is 1.47. The molecule has 1 heterocycles. The summed E-state index contributed by atoms with van der Waals surface area (Å²) < 4.78 is 4.84. The Labute approximate surface area is 113 Å². The Morgan fingerprint density at radius 2 is 2.00 bits per heavy atom. The molecule has 0 spiro atoms. The molecule has 3 N–H and O–H groups in total. The Hall–Kier alpha value is -1.14. The number of carbonyl (C=O) groups excluding carboxylic acids is 2. The minimum Gasteiger partial charge on any atom is -0.375 e. The van der Waals surface area contributed by atoms with Crippen LogP contribution in [0, 0.1) is 0 Å². The molecular weight excluding hydrogens is 246 g/mol. The molecule has 1 aliphatic carbocycles. The second kappa shape index (κ2) is 5.88. The minimum atomic E-state index is -0.636. The average molecular weight is 269 g/mol. The lowest BCUT2D eigenvalue weighted by Crippen LogP contribution is -2.61. The summed E-state index contributed by atoms with van der Waals surface area (Å²) in [5.41, 5.74) is 5.35. The van der Waals surface area contributed by atoms with Crippen molar-refractivity contribution in [1.82, 2.24) is 10.2 Å². The quantitative estimate of drug-likeness (QED) is 0.728. The van der Waals surface area contributed by atoms with Crippen molar-refractivity contribution in [1.29, 1.82) is 0 Å². The van der Waals surface area contributed by atoms with Crippen LogP contribution in [-0.4, -0.2) is 55.1 Å². The molecule has 1 saturated carbocycles. The van der Waals surface area contributed by atoms with Crippen LogP contribution in [0.15, 0.2) is 0 Å². The van der Waals surface area contributed by atoms with Gasteiger partial charge in [0.2, 0.25) is 11.8 Å². The number of hydrogen-bond acceptors (Lipinski definition) is 4. The molecule has 108 valence electrons. The van der Waals surface area contributed by atoms with E-state index in [0.29, 0.717) is 13.1 Å². The highest BCUT2D eigenvalue weighted by Gasteiger charge is 2.41. The molecule has 0 aromatic rings. The van der Waals surface area contributed by atoms with Crippen molar-refractivity contribution in [2.45, 2.75) is 43.7 Å². The maximum atomic E-state index is 12.0. The summed E-state index contributed by atoms with van der Waals surface area (Å²) in [4.78, 5) is 25.4. The zero-order chi connectivity index (χ0) is 13.9. The number of amides is 2. The van der Waals surface area contributed by atoms with Crippen LogP contribution >= 0.6 is 0 Å². The molecule has 1 saturated heterocycles. The van der Waals surface area contributed by atoms with Gasteiger partial charge in [-0.1, -0.05) is 0 Å². The molecule has 6 heteroatoms. The molecule has 0 atom stereocenters. The number of nitrogens with zero attached hydrogens (tertiary/aromatic N) is 1. The van der Waals surface area contributed by atoms with Crippen molar-refractivity contribution in [3.8, 4) is 0 Å². The Morgan fingerprint density at radius 3 is 2.47 bits per heavy atom. The molecule has 1 aliphatic heterocycles. The average Bonchev–Trinajstić information content (AvgIpc) is 2.37. The van der Waals surface area contributed by atoms with Crippen molar-refractivity contribution < 1.29 is 14.3 Å². The second-order valence-corrected chi connectivity index (χ2v) is 5.57. The largest absolute Gasteiger partial charge is 0.375 e. The third-order valence-electron chi connectivity index (χ3n) is 4.15. The number of ether oxygens (including phenoxy) is 1. The summed E-state index contributed by atoms with van der Waals surface area (Å²) in [7, 11) is 1.52. The zero-order valence-electron chi connectivity index (χ0n) is 11.5. The first-order valence-corrected chi connectivity index (χ1v) is 6.92. The molecule has 0 aromatic carbocycles. The van der Waals surface area contributed by atoms with Gasteiger partial charge in [-0.15, -0.1) is 0 Å². The van der Waals surface area contributed by atoms with Gasteiger partial charge in [-0.3, -0.25) is 9.59 Å². The topological polar surface area (TPSA) is 84.7 Å². The summed E-state index contributed by atoms with van der Waals surface area (Å²) in [6.07, 6.45) is 4.18. The monoisotopic (exact) mass is 269 g/mol. The molecule has 2 rings (SSSR count). The van der Waals surface area contributed by atoms with Crippen LogP contribution in [0.25, 0.3) is 0 Å². The first-order chi connectivity index (χ1) is 9.05. The van der Waals surface area contributed by atoms with Crippen molar-refractivity contribution in [3.05, 3.63) is 0 Å². The number of piperidine rings is 1. The lowest BCUT2D eigenvalue weighted by molar-refractivity contribution is -0.136. The van der Waals surface area contributed by atoms with E-state index in [-0.39, 0.29) is 24.5 Å². The van der Waals surface area contributed by atoms with Gasteiger partial charge in [0, 0.05) is 26.2 Å². The molecule has 0 aromatic heterocycles. The van der Waals surface area contributed by atoms with E-state index in [1.165, 1.54) is 7.11 Å². The van der Waals surface area contributed by atoms with E-state index in [1.807, 2.05) is 0 Å². The molecule has 0 radical (unpaired) electrons. The molecule has 0 unspecified atom stereocenters. The van der Waals surface area contributed by atoms with Gasteiger partial charge < -0.3 is 20.7 Å². The van der Waals surface area contributed by atoms with Gasteiger partial charge in [0.05, 0.1) is 5.54 Å². The zero-order valence-corrected chi connectivity index (χ0v) is 11.5. The third kappa shape index (κ3) is 3.25. The molecule has 2 aliphatic rings. The van der Waals surface area contributed by atoms with Gasteiger partial charge in [0.25, 0.3) is 0 Å². The minimum absolute atomic E-state index is 0.0153. The van der Waals surface area contributed by atoms with Crippen molar-refractivity contribution in [3.63, 3.8) is 0 Å². The Bertz CT molecular complexity index is 347. The first-order valence-electron chi connectivity index (χ1n) is 6.92. The number of nitrogens with one attached hydrogen (secondary N) is 1. The summed E-state index contributed by atoms with van der Waals surface area (Å²) in [5.74, 6) is -0.0121. The highest BCUT2D eigenvalue weighted by molar-refractivity contribution is 5.87. The first kappa shape index (κ1) is 14.3. The van der Waals surface area contributed by atoms with Crippen LogP contribution in [0.4, 0.5) is 0 Å². The molecule has 2 fully saturated rings. The van der Waals surface area contributed by atoms with Crippen LogP contribution < -0.4 is 11.1 Å². The Kier molecular flexibility index (Phi) is 4.42. The van der Waals surface area contributed by atoms with Crippen LogP contribution in [0.1, 0.15) is 32.1 Å². The number of rotatable bonds is 4. The fraction of sp³-hybridized carbons (Fsp3) is 0.846. The summed E-state index contributed by atoms with van der Waals surface area (Å²) in [6, 6.07) is 0.139. The van der Waals surface area contributed by atoms with Crippen LogP contribution in [0.3, 0.4) is 0 Å². The third-order valence-corrected chi connectivity index (χ3v) is 4.15. The molecule has 6 nitrogen and oxygen atoms in total. The van der Waals surface area contributed by atoms with E-state index in [9.17, 15) is 9.59 Å². The Morgan fingerprint density at radius 1 is 1.37 bits per heavy atom. The van der Waals surface area contributed by atoms with Gasteiger partial charge >= 0.3 is 0 Å². The van der Waals surface area contributed by atoms with Gasteiger partial charge in [0.15, 0.2) is 0 Å². The lowest BCUT2D eigenvalue weighted by Gasteiger charge is -2.39.